The smallest absolute Gasteiger partial charge is 0.298 e. The van der Waals surface area contributed by atoms with Crippen LogP contribution in [0.3, 0.4) is 0 Å². The lowest BCUT2D eigenvalue weighted by atomic mass is 10.1. The maximum absolute atomic E-state index is 13.1. The number of halogens is 1. The monoisotopic (exact) mass is 445 g/mol. The van der Waals surface area contributed by atoms with E-state index in [4.69, 9.17) is 4.74 Å². The Balaban J connectivity index is 1.55. The van der Waals surface area contributed by atoms with E-state index in [1.165, 1.54) is 17.0 Å². The first kappa shape index (κ1) is 21.6. The van der Waals surface area contributed by atoms with E-state index in [0.717, 1.165) is 28.5 Å². The van der Waals surface area contributed by atoms with Gasteiger partial charge in [-0.3, -0.25) is 9.59 Å². The highest BCUT2D eigenvalue weighted by Crippen LogP contribution is 2.36. The largest absolute Gasteiger partial charge is 0.489 e. The number of thioether (sulfide) groups is 1. The number of carbonyl (C=O) groups is 2. The molecule has 1 aliphatic rings. The maximum atomic E-state index is 13.1. The summed E-state index contributed by atoms with van der Waals surface area (Å²) in [5, 5.41) is -0.321. The molecule has 1 fully saturated rings. The molecule has 160 valence electrons. The lowest BCUT2D eigenvalue weighted by Crippen LogP contribution is -2.27. The number of nitrogens with zero attached hydrogens (tertiary/aromatic N) is 1. The van der Waals surface area contributed by atoms with Crippen molar-refractivity contribution in [3.05, 3.63) is 113 Å². The van der Waals surface area contributed by atoms with Crippen molar-refractivity contribution in [2.24, 2.45) is 0 Å². The molecule has 2 amide bonds. The van der Waals surface area contributed by atoms with Crippen molar-refractivity contribution in [1.82, 2.24) is 0 Å². The number of allylic oxidation sites excluding steroid dienone is 1. The van der Waals surface area contributed by atoms with Gasteiger partial charge in [0.2, 0.25) is 0 Å². The fourth-order valence-corrected chi connectivity index (χ4v) is 4.15. The lowest BCUT2D eigenvalue weighted by molar-refractivity contribution is -0.113. The molecule has 0 aromatic heterocycles. The van der Waals surface area contributed by atoms with Crippen LogP contribution in [-0.2, 0) is 17.8 Å². The average Bonchev–Trinajstić information content (AvgIpc) is 3.08. The summed E-state index contributed by atoms with van der Waals surface area (Å²) in [6.07, 6.45) is 4.06. The van der Waals surface area contributed by atoms with E-state index >= 15 is 0 Å². The number of anilines is 1. The number of imide groups is 1. The van der Waals surface area contributed by atoms with Crippen molar-refractivity contribution < 1.29 is 18.7 Å². The summed E-state index contributed by atoms with van der Waals surface area (Å²) in [4.78, 5) is 26.8. The quantitative estimate of drug-likeness (QED) is 0.313. The third-order valence-electron chi connectivity index (χ3n) is 4.86. The minimum Gasteiger partial charge on any atom is -0.489 e. The third-order valence-corrected chi connectivity index (χ3v) is 5.73. The summed E-state index contributed by atoms with van der Waals surface area (Å²) in [6.45, 7) is 4.11. The van der Waals surface area contributed by atoms with Gasteiger partial charge in [-0.15, -0.1) is 6.58 Å². The second-order valence-corrected chi connectivity index (χ2v) is 8.12. The first-order chi connectivity index (χ1) is 15.5. The lowest BCUT2D eigenvalue weighted by Gasteiger charge is -2.12. The van der Waals surface area contributed by atoms with Crippen LogP contribution < -0.4 is 9.64 Å². The van der Waals surface area contributed by atoms with Crippen molar-refractivity contribution in [2.75, 3.05) is 4.90 Å². The zero-order valence-corrected chi connectivity index (χ0v) is 18.0. The molecule has 6 heteroatoms. The second kappa shape index (κ2) is 9.66. The minimum absolute atomic E-state index is 0.290. The van der Waals surface area contributed by atoms with Gasteiger partial charge in [0.15, 0.2) is 0 Å². The SMILES string of the molecule is C=CCc1cc(/C=C2\SC(=O)N(c3ccccc3)C2=O)ccc1OCc1ccc(F)cc1. The van der Waals surface area contributed by atoms with Gasteiger partial charge in [0.05, 0.1) is 10.6 Å². The van der Waals surface area contributed by atoms with Crippen LogP contribution in [0, 0.1) is 5.82 Å². The van der Waals surface area contributed by atoms with Gasteiger partial charge in [0, 0.05) is 0 Å². The molecule has 1 heterocycles. The van der Waals surface area contributed by atoms with Gasteiger partial charge in [-0.2, -0.15) is 0 Å². The normalized spacial score (nSPS) is 14.8. The van der Waals surface area contributed by atoms with Crippen molar-refractivity contribution in [2.45, 2.75) is 13.0 Å². The van der Waals surface area contributed by atoms with Gasteiger partial charge < -0.3 is 4.74 Å². The van der Waals surface area contributed by atoms with E-state index in [0.29, 0.717) is 29.4 Å². The molecule has 0 saturated carbocycles. The number of amides is 2. The van der Waals surface area contributed by atoms with Crippen LogP contribution in [0.4, 0.5) is 14.9 Å². The van der Waals surface area contributed by atoms with Crippen LogP contribution in [0.5, 0.6) is 5.75 Å². The molecule has 1 saturated heterocycles. The molecule has 4 rings (SSSR count). The molecule has 3 aromatic carbocycles. The van der Waals surface area contributed by atoms with Crippen LogP contribution in [0.15, 0.2) is 90.4 Å². The van der Waals surface area contributed by atoms with Crippen molar-refractivity contribution >= 4 is 34.7 Å². The van der Waals surface area contributed by atoms with E-state index in [1.807, 2.05) is 24.3 Å². The molecule has 0 spiro atoms. The predicted octanol–water partition coefficient (Wildman–Crippen LogP) is 6.37. The molecular formula is C26H20FNO3S. The highest BCUT2D eigenvalue weighted by molar-refractivity contribution is 8.19. The topological polar surface area (TPSA) is 46.6 Å². The van der Waals surface area contributed by atoms with E-state index in [2.05, 4.69) is 6.58 Å². The molecule has 0 N–H and O–H groups in total. The summed E-state index contributed by atoms with van der Waals surface area (Å²) in [7, 11) is 0. The molecule has 32 heavy (non-hydrogen) atoms. The number of benzene rings is 3. The maximum Gasteiger partial charge on any atom is 0.298 e. The van der Waals surface area contributed by atoms with Gasteiger partial charge in [-0.25, -0.2) is 9.29 Å². The number of rotatable bonds is 7. The Labute approximate surface area is 190 Å². The zero-order chi connectivity index (χ0) is 22.5. The molecular weight excluding hydrogens is 425 g/mol. The number of ether oxygens (including phenoxy) is 1. The van der Waals surface area contributed by atoms with Gasteiger partial charge in [0.25, 0.3) is 11.1 Å². The second-order valence-electron chi connectivity index (χ2n) is 7.13. The third kappa shape index (κ3) is 4.81. The number of hydrogen-bond acceptors (Lipinski definition) is 4. The molecule has 0 unspecified atom stereocenters. The number of carbonyl (C=O) groups excluding carboxylic acids is 2. The van der Waals surface area contributed by atoms with Crippen LogP contribution in [0.1, 0.15) is 16.7 Å². The van der Waals surface area contributed by atoms with Crippen LogP contribution in [0.2, 0.25) is 0 Å². The molecule has 0 radical (unpaired) electrons. The van der Waals surface area contributed by atoms with Crippen molar-refractivity contribution in [3.8, 4) is 5.75 Å². The fourth-order valence-electron chi connectivity index (χ4n) is 3.31. The number of hydrogen-bond donors (Lipinski definition) is 0. The minimum atomic E-state index is -0.340. The fraction of sp³-hybridized carbons (Fsp3) is 0.0769. The Morgan fingerprint density at radius 3 is 2.47 bits per heavy atom. The van der Waals surface area contributed by atoms with E-state index < -0.39 is 0 Å². The summed E-state index contributed by atoms with van der Waals surface area (Å²) >= 11 is 0.920. The molecule has 1 aliphatic heterocycles. The van der Waals surface area contributed by atoms with Gasteiger partial charge in [-0.05, 0) is 77.3 Å². The highest BCUT2D eigenvalue weighted by Gasteiger charge is 2.36. The van der Waals surface area contributed by atoms with Gasteiger partial charge >= 0.3 is 0 Å². The number of para-hydroxylation sites is 1. The first-order valence-corrected chi connectivity index (χ1v) is 10.8. The Kier molecular flexibility index (Phi) is 6.52. The molecule has 0 bridgehead atoms. The van der Waals surface area contributed by atoms with Crippen LogP contribution in [0.25, 0.3) is 6.08 Å². The van der Waals surface area contributed by atoms with E-state index in [-0.39, 0.29) is 17.0 Å². The van der Waals surface area contributed by atoms with Crippen LogP contribution >= 0.6 is 11.8 Å². The van der Waals surface area contributed by atoms with E-state index in [9.17, 15) is 14.0 Å². The molecule has 4 nitrogen and oxygen atoms in total. The summed E-state index contributed by atoms with van der Waals surface area (Å²) < 4.78 is 19.0. The Bertz CT molecular complexity index is 1190. The van der Waals surface area contributed by atoms with Crippen molar-refractivity contribution in [1.29, 1.82) is 0 Å². The molecule has 3 aromatic rings. The zero-order valence-electron chi connectivity index (χ0n) is 17.2. The van der Waals surface area contributed by atoms with E-state index in [1.54, 1.807) is 48.6 Å². The highest BCUT2D eigenvalue weighted by atomic mass is 32.2. The predicted molar refractivity (Wildman–Crippen MR) is 126 cm³/mol. The van der Waals surface area contributed by atoms with Gasteiger partial charge in [0.1, 0.15) is 18.2 Å². The molecule has 0 atom stereocenters. The Morgan fingerprint density at radius 2 is 1.75 bits per heavy atom. The molecule has 0 aliphatic carbocycles. The Morgan fingerprint density at radius 1 is 1.00 bits per heavy atom. The Hall–Kier alpha value is -3.64. The summed E-state index contributed by atoms with van der Waals surface area (Å²) in [5.41, 5.74) is 3.09. The standard InChI is InChI=1S/C26H20FNO3S/c1-2-6-20-15-19(11-14-23(20)31-17-18-9-12-21(27)13-10-18)16-24-25(29)28(26(30)32-24)22-7-4-3-5-8-22/h2-5,7-16H,1,6,17H2/b24-16-. The van der Waals surface area contributed by atoms with Crippen molar-refractivity contribution in [3.63, 3.8) is 0 Å². The van der Waals surface area contributed by atoms with Crippen LogP contribution in [-0.4, -0.2) is 11.1 Å². The summed E-state index contributed by atoms with van der Waals surface area (Å²) in [6, 6.07) is 20.6. The van der Waals surface area contributed by atoms with Gasteiger partial charge in [-0.1, -0.05) is 42.5 Å². The average molecular weight is 446 g/mol. The first-order valence-electron chi connectivity index (χ1n) is 9.99. The summed E-state index contributed by atoms with van der Waals surface area (Å²) in [5.74, 6) is 0.0546.